The highest BCUT2D eigenvalue weighted by Gasteiger charge is 2.35. The summed E-state index contributed by atoms with van der Waals surface area (Å²) in [6.45, 7) is 1.86. The molecule has 0 saturated carbocycles. The van der Waals surface area contributed by atoms with E-state index in [0.717, 1.165) is 12.1 Å². The Morgan fingerprint density at radius 2 is 1.39 bits per heavy atom. The van der Waals surface area contributed by atoms with Crippen molar-refractivity contribution >= 4 is 17.5 Å². The zero-order chi connectivity index (χ0) is 12.5. The summed E-state index contributed by atoms with van der Waals surface area (Å²) in [4.78, 5) is 26.1. The fourth-order valence-electron chi connectivity index (χ4n) is 2.50. The van der Waals surface area contributed by atoms with E-state index in [2.05, 4.69) is 0 Å². The zero-order valence-electron chi connectivity index (χ0n) is 10.1. The molecule has 2 amide bonds. The molecule has 2 aliphatic rings. The van der Waals surface area contributed by atoms with Crippen LogP contribution >= 0.6 is 0 Å². The molecule has 0 aliphatic carbocycles. The van der Waals surface area contributed by atoms with Crippen LogP contribution in [0.2, 0.25) is 0 Å². The molecule has 0 aromatic heterocycles. The number of anilines is 1. The lowest BCUT2D eigenvalue weighted by Gasteiger charge is -2.24. The molecule has 0 N–H and O–H groups in total. The monoisotopic (exact) mass is 245 g/mol. The van der Waals surface area contributed by atoms with E-state index in [1.807, 2.05) is 35.2 Å². The molecule has 0 radical (unpaired) electrons. The highest BCUT2D eigenvalue weighted by atomic mass is 16.2. The van der Waals surface area contributed by atoms with Crippen molar-refractivity contribution in [3.05, 3.63) is 30.3 Å². The lowest BCUT2D eigenvalue weighted by Crippen LogP contribution is -2.44. The van der Waals surface area contributed by atoms with Gasteiger partial charge in [-0.3, -0.25) is 9.59 Å². The number of hydrogen-bond donors (Lipinski definition) is 0. The first-order valence-corrected chi connectivity index (χ1v) is 6.16. The average molecular weight is 245 g/mol. The van der Waals surface area contributed by atoms with Gasteiger partial charge in [-0.05, 0) is 18.6 Å². The maximum atomic E-state index is 12.1. The molecule has 2 aliphatic heterocycles. The van der Waals surface area contributed by atoms with Crippen LogP contribution in [-0.2, 0) is 9.59 Å². The van der Waals surface area contributed by atoms with Gasteiger partial charge < -0.3 is 4.90 Å². The SMILES string of the molecule is O=C1CN(c2ccccc2)CC(=O)N2CCCN12. The van der Waals surface area contributed by atoms with Gasteiger partial charge in [0.15, 0.2) is 0 Å². The number of nitrogens with zero attached hydrogens (tertiary/aromatic N) is 3. The first-order valence-electron chi connectivity index (χ1n) is 6.16. The lowest BCUT2D eigenvalue weighted by molar-refractivity contribution is -0.153. The molecule has 94 valence electrons. The van der Waals surface area contributed by atoms with Crippen LogP contribution in [0.15, 0.2) is 30.3 Å². The van der Waals surface area contributed by atoms with Crippen LogP contribution in [0.4, 0.5) is 5.69 Å². The topological polar surface area (TPSA) is 43.9 Å². The van der Waals surface area contributed by atoms with Crippen molar-refractivity contribution < 1.29 is 9.59 Å². The van der Waals surface area contributed by atoms with Gasteiger partial charge >= 0.3 is 0 Å². The van der Waals surface area contributed by atoms with Gasteiger partial charge in [0.25, 0.3) is 11.8 Å². The maximum Gasteiger partial charge on any atom is 0.260 e. The predicted molar refractivity (Wildman–Crippen MR) is 66.7 cm³/mol. The second-order valence-electron chi connectivity index (χ2n) is 4.58. The predicted octanol–water partition coefficient (Wildman–Crippen LogP) is 0.482. The zero-order valence-corrected chi connectivity index (χ0v) is 10.1. The molecule has 1 aromatic rings. The summed E-state index contributed by atoms with van der Waals surface area (Å²) in [7, 11) is 0. The van der Waals surface area contributed by atoms with E-state index in [9.17, 15) is 9.59 Å². The summed E-state index contributed by atoms with van der Waals surface area (Å²) >= 11 is 0. The van der Waals surface area contributed by atoms with Crippen LogP contribution in [0, 0.1) is 0 Å². The number of carbonyl (C=O) groups is 2. The van der Waals surface area contributed by atoms with E-state index in [0.29, 0.717) is 13.1 Å². The summed E-state index contributed by atoms with van der Waals surface area (Å²) in [5.74, 6) is 0.00408. The minimum absolute atomic E-state index is 0.00204. The molecule has 2 saturated heterocycles. The second kappa shape index (κ2) is 4.33. The Kier molecular flexibility index (Phi) is 2.66. The number of benzene rings is 1. The van der Waals surface area contributed by atoms with Crippen LogP contribution in [0.5, 0.6) is 0 Å². The van der Waals surface area contributed by atoms with Crippen molar-refractivity contribution in [2.45, 2.75) is 6.42 Å². The summed E-state index contributed by atoms with van der Waals surface area (Å²) in [6, 6.07) is 9.60. The van der Waals surface area contributed by atoms with Crippen LogP contribution in [0.25, 0.3) is 0 Å². The third-order valence-corrected chi connectivity index (χ3v) is 3.38. The minimum atomic E-state index is 0.00204. The number of rotatable bonds is 1. The largest absolute Gasteiger partial charge is 0.353 e. The Labute approximate surface area is 106 Å². The van der Waals surface area contributed by atoms with E-state index < -0.39 is 0 Å². The number of carbonyl (C=O) groups excluding carboxylic acids is 2. The molecule has 0 unspecified atom stereocenters. The number of amides is 2. The van der Waals surface area contributed by atoms with Crippen molar-refractivity contribution in [1.82, 2.24) is 10.0 Å². The Balaban J connectivity index is 1.87. The average Bonchev–Trinajstić information content (AvgIpc) is 2.84. The Morgan fingerprint density at radius 1 is 0.833 bits per heavy atom. The van der Waals surface area contributed by atoms with E-state index in [1.165, 1.54) is 0 Å². The van der Waals surface area contributed by atoms with Crippen LogP contribution in [-0.4, -0.2) is 48.0 Å². The smallest absolute Gasteiger partial charge is 0.260 e. The quantitative estimate of drug-likeness (QED) is 0.723. The highest BCUT2D eigenvalue weighted by molar-refractivity contribution is 5.91. The Morgan fingerprint density at radius 3 is 1.94 bits per heavy atom. The van der Waals surface area contributed by atoms with Gasteiger partial charge in [-0.25, -0.2) is 10.0 Å². The summed E-state index contributed by atoms with van der Waals surface area (Å²) in [5, 5.41) is 3.18. The molecule has 0 bridgehead atoms. The highest BCUT2D eigenvalue weighted by Crippen LogP contribution is 2.20. The minimum Gasteiger partial charge on any atom is -0.353 e. The van der Waals surface area contributed by atoms with Crippen molar-refractivity contribution in [3.8, 4) is 0 Å². The third kappa shape index (κ3) is 1.81. The maximum absolute atomic E-state index is 12.1. The Hall–Kier alpha value is -2.04. The van der Waals surface area contributed by atoms with Crippen LogP contribution in [0.3, 0.4) is 0 Å². The standard InChI is InChI=1S/C13H15N3O2/c17-12-9-14(11-5-2-1-3-6-11)10-13(18)16-8-4-7-15(12)16/h1-3,5-6H,4,7-10H2. The molecule has 5 nitrogen and oxygen atoms in total. The van der Waals surface area contributed by atoms with E-state index >= 15 is 0 Å². The van der Waals surface area contributed by atoms with Crippen molar-refractivity contribution in [3.63, 3.8) is 0 Å². The first kappa shape index (κ1) is 11.1. The van der Waals surface area contributed by atoms with Gasteiger partial charge in [0.2, 0.25) is 0 Å². The summed E-state index contributed by atoms with van der Waals surface area (Å²) in [5.41, 5.74) is 0.918. The molecule has 5 heteroatoms. The van der Waals surface area contributed by atoms with E-state index in [-0.39, 0.29) is 24.9 Å². The van der Waals surface area contributed by atoms with Gasteiger partial charge in [-0.1, -0.05) is 18.2 Å². The van der Waals surface area contributed by atoms with Crippen molar-refractivity contribution in [1.29, 1.82) is 0 Å². The summed E-state index contributed by atoms with van der Waals surface area (Å²) < 4.78 is 0. The van der Waals surface area contributed by atoms with Gasteiger partial charge in [0.1, 0.15) is 0 Å². The van der Waals surface area contributed by atoms with Gasteiger partial charge in [-0.15, -0.1) is 0 Å². The van der Waals surface area contributed by atoms with Gasteiger partial charge in [0.05, 0.1) is 13.1 Å². The molecule has 18 heavy (non-hydrogen) atoms. The number of hydrogen-bond acceptors (Lipinski definition) is 3. The van der Waals surface area contributed by atoms with Gasteiger partial charge in [0, 0.05) is 18.8 Å². The van der Waals surface area contributed by atoms with E-state index in [1.54, 1.807) is 10.0 Å². The molecular weight excluding hydrogens is 230 g/mol. The number of para-hydroxylation sites is 1. The fraction of sp³-hybridized carbons (Fsp3) is 0.385. The normalized spacial score (nSPS) is 20.1. The Bertz CT molecular complexity index is 450. The molecule has 0 atom stereocenters. The third-order valence-electron chi connectivity index (χ3n) is 3.38. The van der Waals surface area contributed by atoms with E-state index in [4.69, 9.17) is 0 Å². The number of fused-ring (bicyclic) bond motifs is 1. The lowest BCUT2D eigenvalue weighted by atomic mass is 10.2. The van der Waals surface area contributed by atoms with Crippen molar-refractivity contribution in [2.24, 2.45) is 0 Å². The molecule has 2 fully saturated rings. The fourth-order valence-corrected chi connectivity index (χ4v) is 2.50. The van der Waals surface area contributed by atoms with Crippen molar-refractivity contribution in [2.75, 3.05) is 31.1 Å². The molecule has 3 rings (SSSR count). The molecule has 1 aromatic carbocycles. The molecule has 2 heterocycles. The number of hydrazine groups is 1. The van der Waals surface area contributed by atoms with Crippen LogP contribution < -0.4 is 4.90 Å². The van der Waals surface area contributed by atoms with Gasteiger partial charge in [-0.2, -0.15) is 0 Å². The molecule has 0 spiro atoms. The summed E-state index contributed by atoms with van der Waals surface area (Å²) in [6.07, 6.45) is 0.878. The second-order valence-corrected chi connectivity index (χ2v) is 4.58. The molecular formula is C13H15N3O2. The van der Waals surface area contributed by atoms with Crippen LogP contribution in [0.1, 0.15) is 6.42 Å². The first-order chi connectivity index (χ1) is 8.75.